The highest BCUT2D eigenvalue weighted by Gasteiger charge is 2.31. The maximum Gasteiger partial charge on any atom is 0.416 e. The number of oxime groups is 1. The number of benzene rings is 1. The average molecular weight is 430 g/mol. The predicted molar refractivity (Wildman–Crippen MR) is 113 cm³/mol. The molecule has 0 bridgehead atoms. The Kier molecular flexibility index (Phi) is 6.89. The summed E-state index contributed by atoms with van der Waals surface area (Å²) in [5, 5.41) is 3.90. The molecule has 2 heterocycles. The molecule has 0 spiro atoms. The van der Waals surface area contributed by atoms with E-state index in [-0.39, 0.29) is 16.7 Å². The Morgan fingerprint density at radius 3 is 2.74 bits per heavy atom. The fraction of sp³-hybridized carbons (Fsp3) is 0.261. The first-order valence-electron chi connectivity index (χ1n) is 9.76. The number of hydrogen-bond donors (Lipinski definition) is 0. The molecule has 0 fully saturated rings. The van der Waals surface area contributed by atoms with Crippen LogP contribution in [0.1, 0.15) is 25.8 Å². The van der Waals surface area contributed by atoms with Gasteiger partial charge in [-0.1, -0.05) is 28.9 Å². The summed E-state index contributed by atoms with van der Waals surface area (Å²) in [5.74, 6) is 0. The Morgan fingerprint density at radius 1 is 1.19 bits per heavy atom. The van der Waals surface area contributed by atoms with Crippen LogP contribution < -0.4 is 10.1 Å². The molecule has 0 saturated heterocycles. The van der Waals surface area contributed by atoms with E-state index in [2.05, 4.69) is 5.16 Å². The Hall–Kier alpha value is -3.42. The summed E-state index contributed by atoms with van der Waals surface area (Å²) in [6, 6.07) is 10.1. The van der Waals surface area contributed by atoms with Gasteiger partial charge in [-0.25, -0.2) is 9.36 Å². The van der Waals surface area contributed by atoms with Crippen molar-refractivity contribution in [3.05, 3.63) is 82.4 Å². The number of hydrogen-bond acceptors (Lipinski definition) is 3. The first-order chi connectivity index (χ1) is 14.8. The van der Waals surface area contributed by atoms with Crippen LogP contribution in [0.25, 0.3) is 16.8 Å². The molecular formula is C23H23F3N3O2+. The number of halogens is 3. The Bertz CT molecular complexity index is 1180. The summed E-state index contributed by atoms with van der Waals surface area (Å²) in [7, 11) is 0. The van der Waals surface area contributed by atoms with Gasteiger partial charge in [-0.3, -0.25) is 0 Å². The largest absolute Gasteiger partial charge is 0.416 e. The molecule has 5 nitrogen and oxygen atoms in total. The molecule has 0 aliphatic heterocycles. The van der Waals surface area contributed by atoms with E-state index in [1.165, 1.54) is 16.5 Å². The number of fused-ring (bicyclic) bond motifs is 1. The van der Waals surface area contributed by atoms with Gasteiger partial charge in [0.15, 0.2) is 0 Å². The second-order valence-electron chi connectivity index (χ2n) is 7.20. The van der Waals surface area contributed by atoms with Crippen molar-refractivity contribution < 1.29 is 22.6 Å². The van der Waals surface area contributed by atoms with Crippen molar-refractivity contribution in [2.75, 3.05) is 6.61 Å². The molecule has 0 saturated carbocycles. The standard InChI is InChI=1S/C23H23F3N3O2/c1-17(2)10-14-31-27-11-6-12-28-16-20(22(30)29-13-4-3-9-21(28)29)18-7-5-8-19(15-18)23(24,25)26/h3-5,7-11,13,15-16H,6,12,14H2,1-2H3/q+1/b27-11+. The fourth-order valence-electron chi connectivity index (χ4n) is 3.04. The molecule has 0 radical (unpaired) electrons. The number of aromatic nitrogens is 2. The van der Waals surface area contributed by atoms with Crippen LogP contribution in [0.2, 0.25) is 0 Å². The van der Waals surface area contributed by atoms with Crippen molar-refractivity contribution in [1.82, 2.24) is 4.40 Å². The van der Waals surface area contributed by atoms with Gasteiger partial charge in [0.05, 0.1) is 18.3 Å². The van der Waals surface area contributed by atoms with Crippen LogP contribution in [0.15, 0.2) is 76.5 Å². The van der Waals surface area contributed by atoms with E-state index >= 15 is 0 Å². The molecule has 0 aliphatic carbocycles. The van der Waals surface area contributed by atoms with Crippen LogP contribution in [0, 0.1) is 0 Å². The molecule has 31 heavy (non-hydrogen) atoms. The Morgan fingerprint density at radius 2 is 2.00 bits per heavy atom. The summed E-state index contributed by atoms with van der Waals surface area (Å²) in [6.07, 6.45) is 2.75. The molecule has 1 aromatic carbocycles. The Labute approximate surface area is 177 Å². The molecule has 8 heteroatoms. The van der Waals surface area contributed by atoms with Crippen molar-refractivity contribution in [3.8, 4) is 11.1 Å². The number of nitrogens with zero attached hydrogens (tertiary/aromatic N) is 3. The van der Waals surface area contributed by atoms with Gasteiger partial charge in [0.1, 0.15) is 18.4 Å². The highest BCUT2D eigenvalue weighted by molar-refractivity contribution is 5.63. The molecule has 3 rings (SSSR count). The van der Waals surface area contributed by atoms with Crippen molar-refractivity contribution >= 4 is 11.9 Å². The molecule has 0 N–H and O–H groups in total. The summed E-state index contributed by atoms with van der Waals surface area (Å²) >= 11 is 0. The second kappa shape index (κ2) is 9.59. The lowest BCUT2D eigenvalue weighted by atomic mass is 10.1. The predicted octanol–water partition coefficient (Wildman–Crippen LogP) is 4.63. The molecule has 0 atom stereocenters. The lowest BCUT2D eigenvalue weighted by molar-refractivity contribution is -0.672. The van der Waals surface area contributed by atoms with Gasteiger partial charge in [-0.2, -0.15) is 17.6 Å². The minimum Gasteiger partial charge on any atom is -0.392 e. The van der Waals surface area contributed by atoms with Gasteiger partial charge in [-0.15, -0.1) is 0 Å². The third kappa shape index (κ3) is 5.59. The SMILES string of the molecule is CC(C)=CCO/N=C/CC[n+]1cc(-c2cccc(C(F)(F)F)c2)c(=O)n2ccccc21. The number of allylic oxidation sites excluding steroid dienone is 1. The van der Waals surface area contributed by atoms with Gasteiger partial charge in [-0.05, 0) is 43.7 Å². The fourth-order valence-corrected chi connectivity index (χ4v) is 3.04. The van der Waals surface area contributed by atoms with E-state index in [4.69, 9.17) is 4.84 Å². The zero-order valence-corrected chi connectivity index (χ0v) is 17.3. The average Bonchev–Trinajstić information content (AvgIpc) is 2.74. The van der Waals surface area contributed by atoms with Crippen LogP contribution in [0.3, 0.4) is 0 Å². The third-order valence-corrected chi connectivity index (χ3v) is 4.58. The third-order valence-electron chi connectivity index (χ3n) is 4.58. The van der Waals surface area contributed by atoms with E-state index in [1.807, 2.05) is 24.5 Å². The smallest absolute Gasteiger partial charge is 0.392 e. The highest BCUT2D eigenvalue weighted by atomic mass is 19.4. The van der Waals surface area contributed by atoms with Gasteiger partial charge in [0.2, 0.25) is 0 Å². The van der Waals surface area contributed by atoms with E-state index < -0.39 is 11.7 Å². The topological polar surface area (TPSA) is 47.0 Å². The van der Waals surface area contributed by atoms with Crippen LogP contribution in [-0.2, 0) is 17.6 Å². The molecule has 0 amide bonds. The molecule has 162 valence electrons. The molecule has 2 aromatic heterocycles. The lowest BCUT2D eigenvalue weighted by Crippen LogP contribution is -2.40. The molecule has 0 unspecified atom stereocenters. The van der Waals surface area contributed by atoms with Crippen LogP contribution in [-0.4, -0.2) is 17.2 Å². The molecular weight excluding hydrogens is 407 g/mol. The lowest BCUT2D eigenvalue weighted by Gasteiger charge is -2.09. The van der Waals surface area contributed by atoms with E-state index in [1.54, 1.807) is 36.8 Å². The quantitative estimate of drug-likeness (QED) is 0.180. The van der Waals surface area contributed by atoms with Crippen molar-refractivity contribution in [3.63, 3.8) is 0 Å². The van der Waals surface area contributed by atoms with Crippen molar-refractivity contribution in [2.24, 2.45) is 5.16 Å². The van der Waals surface area contributed by atoms with Gasteiger partial charge < -0.3 is 4.84 Å². The first kappa shape index (κ1) is 22.3. The second-order valence-corrected chi connectivity index (χ2v) is 7.20. The normalized spacial score (nSPS) is 11.8. The molecule has 3 aromatic rings. The van der Waals surface area contributed by atoms with Gasteiger partial charge in [0, 0.05) is 18.7 Å². The number of pyridine rings is 1. The minimum atomic E-state index is -4.49. The summed E-state index contributed by atoms with van der Waals surface area (Å²) in [6.45, 7) is 4.78. The number of rotatable bonds is 7. The van der Waals surface area contributed by atoms with Gasteiger partial charge >= 0.3 is 11.7 Å². The van der Waals surface area contributed by atoms with Gasteiger partial charge in [0.25, 0.3) is 5.65 Å². The minimum absolute atomic E-state index is 0.187. The summed E-state index contributed by atoms with van der Waals surface area (Å²) in [5.41, 5.74) is 0.980. The maximum atomic E-state index is 13.1. The monoisotopic (exact) mass is 430 g/mol. The number of aryl methyl sites for hydroxylation is 1. The Balaban J connectivity index is 1.92. The van der Waals surface area contributed by atoms with Crippen LogP contribution in [0.5, 0.6) is 0 Å². The zero-order chi connectivity index (χ0) is 22.4. The van der Waals surface area contributed by atoms with E-state index in [9.17, 15) is 18.0 Å². The van der Waals surface area contributed by atoms with Crippen molar-refractivity contribution in [1.29, 1.82) is 0 Å². The number of alkyl halides is 3. The van der Waals surface area contributed by atoms with E-state index in [0.29, 0.717) is 25.2 Å². The van der Waals surface area contributed by atoms with E-state index in [0.717, 1.165) is 17.7 Å². The van der Waals surface area contributed by atoms with Crippen LogP contribution in [0.4, 0.5) is 13.2 Å². The van der Waals surface area contributed by atoms with Crippen molar-refractivity contribution in [2.45, 2.75) is 33.0 Å². The first-order valence-corrected chi connectivity index (χ1v) is 9.76. The van der Waals surface area contributed by atoms with Crippen LogP contribution >= 0.6 is 0 Å². The summed E-state index contributed by atoms with van der Waals surface area (Å²) in [4.78, 5) is 18.1. The summed E-state index contributed by atoms with van der Waals surface area (Å²) < 4.78 is 42.7. The highest BCUT2D eigenvalue weighted by Crippen LogP contribution is 2.31. The maximum absolute atomic E-state index is 13.1. The zero-order valence-electron chi connectivity index (χ0n) is 17.3. The molecule has 0 aliphatic rings.